The van der Waals surface area contributed by atoms with Gasteiger partial charge in [-0.25, -0.2) is 8.42 Å². The Hall–Kier alpha value is -0.770. The van der Waals surface area contributed by atoms with E-state index in [0.29, 0.717) is 47.4 Å². The molecule has 0 amide bonds. The van der Waals surface area contributed by atoms with E-state index in [1.54, 1.807) is 18.5 Å². The van der Waals surface area contributed by atoms with Crippen molar-refractivity contribution in [3.63, 3.8) is 0 Å². The summed E-state index contributed by atoms with van der Waals surface area (Å²) in [4.78, 5) is 0.297. The van der Waals surface area contributed by atoms with Gasteiger partial charge in [0, 0.05) is 41.9 Å². The average Bonchev–Trinajstić information content (AvgIpc) is 2.72. The van der Waals surface area contributed by atoms with Gasteiger partial charge >= 0.3 is 0 Å². The summed E-state index contributed by atoms with van der Waals surface area (Å²) in [5.74, 6) is 0.816. The number of hydrogen-bond donors (Lipinski definition) is 1. The van der Waals surface area contributed by atoms with Crippen molar-refractivity contribution in [3.05, 3.63) is 11.4 Å². The zero-order valence-electron chi connectivity index (χ0n) is 12.6. The van der Waals surface area contributed by atoms with Crippen LogP contribution in [0.3, 0.4) is 0 Å². The normalized spacial score (nSPS) is 18.2. The van der Waals surface area contributed by atoms with Crippen LogP contribution < -0.4 is 5.32 Å². The van der Waals surface area contributed by atoms with Crippen LogP contribution in [0.15, 0.2) is 4.90 Å². The van der Waals surface area contributed by atoms with Crippen molar-refractivity contribution in [2.24, 2.45) is 0 Å². The van der Waals surface area contributed by atoms with Gasteiger partial charge in [-0.2, -0.15) is 9.40 Å². The van der Waals surface area contributed by atoms with Gasteiger partial charge in [-0.15, -0.1) is 0 Å². The molecule has 1 aliphatic heterocycles. The monoisotopic (exact) mass is 334 g/mol. The van der Waals surface area contributed by atoms with E-state index in [0.717, 1.165) is 6.54 Å². The molecule has 1 aliphatic rings. The van der Waals surface area contributed by atoms with Crippen LogP contribution in [-0.2, 0) is 27.4 Å². The first-order valence-corrected chi connectivity index (χ1v) is 9.84. The average molecular weight is 334 g/mol. The predicted molar refractivity (Wildman–Crippen MR) is 82.3 cm³/mol. The van der Waals surface area contributed by atoms with Gasteiger partial charge in [-0.3, -0.25) is 8.89 Å². The SMILES string of the molecule is CNCCn1nc(C)c(S(=O)(=O)N2CCS(=O)CC2)c1C. The van der Waals surface area contributed by atoms with Gasteiger partial charge in [0.25, 0.3) is 0 Å². The van der Waals surface area contributed by atoms with Gasteiger partial charge in [-0.1, -0.05) is 0 Å². The molecular weight excluding hydrogens is 312 g/mol. The first-order valence-electron chi connectivity index (χ1n) is 6.91. The molecule has 0 saturated carbocycles. The fraction of sp³-hybridized carbons (Fsp3) is 0.750. The molecule has 7 nitrogen and oxygen atoms in total. The lowest BCUT2D eigenvalue weighted by Crippen LogP contribution is -2.42. The quantitative estimate of drug-likeness (QED) is 0.783. The van der Waals surface area contributed by atoms with E-state index in [1.165, 1.54) is 4.31 Å². The number of aromatic nitrogens is 2. The highest BCUT2D eigenvalue weighted by molar-refractivity contribution is 7.89. The number of nitrogens with zero attached hydrogens (tertiary/aromatic N) is 3. The second kappa shape index (κ2) is 6.55. The molecule has 1 aromatic heterocycles. The minimum absolute atomic E-state index is 0.297. The minimum atomic E-state index is -3.56. The molecule has 0 aromatic carbocycles. The lowest BCUT2D eigenvalue weighted by Gasteiger charge is -2.25. The van der Waals surface area contributed by atoms with Crippen LogP contribution >= 0.6 is 0 Å². The Morgan fingerprint density at radius 1 is 1.29 bits per heavy atom. The zero-order valence-corrected chi connectivity index (χ0v) is 14.3. The Kier molecular flexibility index (Phi) is 5.18. The Bertz CT molecular complexity index is 629. The third-order valence-electron chi connectivity index (χ3n) is 3.62. The molecule has 0 aliphatic carbocycles. The van der Waals surface area contributed by atoms with E-state index < -0.39 is 20.8 Å². The number of likely N-dealkylation sites (N-methyl/N-ethyl adjacent to an activating group) is 1. The maximum Gasteiger partial charge on any atom is 0.246 e. The molecule has 0 radical (unpaired) electrons. The van der Waals surface area contributed by atoms with Gasteiger partial charge in [0.1, 0.15) is 4.90 Å². The number of aryl methyl sites for hydroxylation is 1. The van der Waals surface area contributed by atoms with Crippen LogP contribution in [-0.4, -0.2) is 64.9 Å². The zero-order chi connectivity index (χ0) is 15.6. The molecule has 2 heterocycles. The number of hydrogen-bond acceptors (Lipinski definition) is 5. The largest absolute Gasteiger partial charge is 0.318 e. The van der Waals surface area contributed by atoms with Crippen molar-refractivity contribution in [1.82, 2.24) is 19.4 Å². The number of nitrogens with one attached hydrogen (secondary N) is 1. The van der Waals surface area contributed by atoms with Gasteiger partial charge in [-0.05, 0) is 20.9 Å². The van der Waals surface area contributed by atoms with Crippen LogP contribution in [0, 0.1) is 13.8 Å². The van der Waals surface area contributed by atoms with Gasteiger partial charge in [0.05, 0.1) is 17.9 Å². The van der Waals surface area contributed by atoms with Crippen molar-refractivity contribution in [2.45, 2.75) is 25.3 Å². The lowest BCUT2D eigenvalue weighted by atomic mass is 10.4. The highest BCUT2D eigenvalue weighted by atomic mass is 32.2. The summed E-state index contributed by atoms with van der Waals surface area (Å²) in [7, 11) is -2.61. The topological polar surface area (TPSA) is 84.3 Å². The summed E-state index contributed by atoms with van der Waals surface area (Å²) in [5.41, 5.74) is 1.18. The van der Waals surface area contributed by atoms with Gasteiger partial charge < -0.3 is 5.32 Å². The van der Waals surface area contributed by atoms with Crippen LogP contribution in [0.1, 0.15) is 11.4 Å². The van der Waals surface area contributed by atoms with Crippen LogP contribution in [0.2, 0.25) is 0 Å². The summed E-state index contributed by atoms with van der Waals surface area (Å²) < 4.78 is 40.1. The lowest BCUT2D eigenvalue weighted by molar-refractivity contribution is 0.437. The molecule has 1 fully saturated rings. The molecule has 1 aromatic rings. The molecule has 0 spiro atoms. The van der Waals surface area contributed by atoms with E-state index >= 15 is 0 Å². The first kappa shape index (κ1) is 16.6. The maximum atomic E-state index is 12.8. The minimum Gasteiger partial charge on any atom is -0.318 e. The molecule has 1 saturated heterocycles. The maximum absolute atomic E-state index is 12.8. The van der Waals surface area contributed by atoms with Gasteiger partial charge in [0.15, 0.2) is 0 Å². The first-order chi connectivity index (χ1) is 9.87. The van der Waals surface area contributed by atoms with E-state index in [-0.39, 0.29) is 0 Å². The molecule has 21 heavy (non-hydrogen) atoms. The second-order valence-electron chi connectivity index (χ2n) is 5.08. The van der Waals surface area contributed by atoms with Gasteiger partial charge in [0.2, 0.25) is 10.0 Å². The fourth-order valence-electron chi connectivity index (χ4n) is 2.48. The van der Waals surface area contributed by atoms with Crippen molar-refractivity contribution in [3.8, 4) is 0 Å². The Balaban J connectivity index is 2.31. The molecule has 0 bridgehead atoms. The van der Waals surface area contributed by atoms with Crippen molar-refractivity contribution in [1.29, 1.82) is 0 Å². The highest BCUT2D eigenvalue weighted by Gasteiger charge is 2.32. The summed E-state index contributed by atoms with van der Waals surface area (Å²) in [6.45, 7) is 5.49. The third kappa shape index (κ3) is 3.36. The van der Waals surface area contributed by atoms with Crippen LogP contribution in [0.25, 0.3) is 0 Å². The van der Waals surface area contributed by atoms with Crippen molar-refractivity contribution < 1.29 is 12.6 Å². The summed E-state index contributed by atoms with van der Waals surface area (Å²) in [6.07, 6.45) is 0. The van der Waals surface area contributed by atoms with Crippen LogP contribution in [0.4, 0.5) is 0 Å². The molecule has 0 unspecified atom stereocenters. The van der Waals surface area contributed by atoms with Crippen molar-refractivity contribution >= 4 is 20.8 Å². The summed E-state index contributed by atoms with van der Waals surface area (Å²) in [5, 5.41) is 7.36. The summed E-state index contributed by atoms with van der Waals surface area (Å²) >= 11 is 0. The third-order valence-corrected chi connectivity index (χ3v) is 7.05. The fourth-order valence-corrected chi connectivity index (χ4v) is 5.58. The highest BCUT2D eigenvalue weighted by Crippen LogP contribution is 2.24. The molecule has 9 heteroatoms. The standard InChI is InChI=1S/C12H22N4O3S2/c1-10-12(11(2)16(14-10)5-4-13-3)21(18,19)15-6-8-20(17)9-7-15/h13H,4-9H2,1-3H3. The number of rotatable bonds is 5. The molecular formula is C12H22N4O3S2. The second-order valence-corrected chi connectivity index (χ2v) is 8.65. The summed E-state index contributed by atoms with van der Waals surface area (Å²) in [6, 6.07) is 0. The number of sulfonamides is 1. The molecule has 1 N–H and O–H groups in total. The van der Waals surface area contributed by atoms with E-state index in [1.807, 2.05) is 7.05 Å². The van der Waals surface area contributed by atoms with Crippen LogP contribution in [0.5, 0.6) is 0 Å². The van der Waals surface area contributed by atoms with E-state index in [9.17, 15) is 12.6 Å². The van der Waals surface area contributed by atoms with Crippen molar-refractivity contribution in [2.75, 3.05) is 38.2 Å². The molecule has 0 atom stereocenters. The Labute approximate surface area is 128 Å². The molecule has 2 rings (SSSR count). The Morgan fingerprint density at radius 3 is 2.48 bits per heavy atom. The van der Waals surface area contributed by atoms with E-state index in [2.05, 4.69) is 10.4 Å². The van der Waals surface area contributed by atoms with E-state index in [4.69, 9.17) is 0 Å². The predicted octanol–water partition coefficient (Wildman–Crippen LogP) is -0.528. The Morgan fingerprint density at radius 2 is 1.90 bits per heavy atom. The molecule has 120 valence electrons. The smallest absolute Gasteiger partial charge is 0.246 e.